The van der Waals surface area contributed by atoms with Crippen LogP contribution in [0.4, 0.5) is 0 Å². The maximum absolute atomic E-state index is 13.3. The van der Waals surface area contributed by atoms with E-state index in [0.717, 1.165) is 11.1 Å². The van der Waals surface area contributed by atoms with Crippen molar-refractivity contribution in [1.29, 1.82) is 0 Å². The van der Waals surface area contributed by atoms with Gasteiger partial charge in [-0.3, -0.25) is 15.0 Å². The van der Waals surface area contributed by atoms with Crippen LogP contribution in [0.15, 0.2) is 77.6 Å². The first-order chi connectivity index (χ1) is 14.8. The predicted octanol–water partition coefficient (Wildman–Crippen LogP) is 5.40. The number of amides is 1. The van der Waals surface area contributed by atoms with Gasteiger partial charge in [-0.1, -0.05) is 80.9 Å². The van der Waals surface area contributed by atoms with Crippen LogP contribution in [0.25, 0.3) is 22.3 Å². The maximum atomic E-state index is 13.3. The number of para-hydroxylation sites is 1. The second kappa shape index (κ2) is 8.00. The second-order valence-electron chi connectivity index (χ2n) is 8.34. The molecule has 4 rings (SSSR count). The zero-order valence-corrected chi connectivity index (χ0v) is 18.3. The van der Waals surface area contributed by atoms with Crippen molar-refractivity contribution in [2.45, 2.75) is 26.2 Å². The van der Waals surface area contributed by atoms with Crippen LogP contribution in [0.3, 0.4) is 0 Å². The van der Waals surface area contributed by atoms with Crippen LogP contribution in [0, 0.1) is 0 Å². The topological polar surface area (TPSA) is 64.0 Å². The number of carbonyl (C=O) groups is 1. The van der Waals surface area contributed by atoms with Gasteiger partial charge in [0.1, 0.15) is 0 Å². The second-order valence-corrected chi connectivity index (χ2v) is 8.75. The number of nitrogens with zero attached hydrogens (tertiary/aromatic N) is 2. The predicted molar refractivity (Wildman–Crippen MR) is 125 cm³/mol. The van der Waals surface area contributed by atoms with Gasteiger partial charge in [-0.2, -0.15) is 4.68 Å². The van der Waals surface area contributed by atoms with Crippen molar-refractivity contribution >= 4 is 28.4 Å². The Kier molecular flexibility index (Phi) is 5.38. The van der Waals surface area contributed by atoms with Gasteiger partial charge in [-0.05, 0) is 35.2 Å². The van der Waals surface area contributed by atoms with Crippen LogP contribution in [-0.4, -0.2) is 15.6 Å². The Bertz CT molecular complexity index is 1340. The molecule has 0 spiro atoms. The number of fused-ring (bicyclic) bond motifs is 1. The van der Waals surface area contributed by atoms with Gasteiger partial charge in [0.2, 0.25) is 0 Å². The SMILES string of the molecule is CC(C)(C)c1ccc(-c2nc3ccccc3c(=O)n2NC(=O)c2ccccc2Cl)cc1. The Labute approximate surface area is 185 Å². The molecule has 0 bridgehead atoms. The third-order valence-corrected chi connectivity index (χ3v) is 5.45. The first-order valence-electron chi connectivity index (χ1n) is 9.94. The van der Waals surface area contributed by atoms with E-state index >= 15 is 0 Å². The molecule has 6 heteroatoms. The van der Waals surface area contributed by atoms with Crippen molar-refractivity contribution < 1.29 is 4.79 Å². The molecule has 156 valence electrons. The molecule has 1 heterocycles. The molecule has 1 amide bonds. The van der Waals surface area contributed by atoms with E-state index in [1.165, 1.54) is 4.68 Å². The molecule has 0 aliphatic heterocycles. The van der Waals surface area contributed by atoms with Gasteiger partial charge in [0, 0.05) is 5.56 Å². The third kappa shape index (κ3) is 4.09. The van der Waals surface area contributed by atoms with Crippen LogP contribution < -0.4 is 11.0 Å². The van der Waals surface area contributed by atoms with Crippen molar-refractivity contribution in [2.75, 3.05) is 5.43 Å². The van der Waals surface area contributed by atoms with E-state index < -0.39 is 5.91 Å². The highest BCUT2D eigenvalue weighted by atomic mass is 35.5. The smallest absolute Gasteiger partial charge is 0.267 e. The van der Waals surface area contributed by atoms with E-state index in [1.54, 1.807) is 42.5 Å². The molecule has 1 aromatic heterocycles. The lowest BCUT2D eigenvalue weighted by molar-refractivity contribution is 0.101. The average molecular weight is 432 g/mol. The van der Waals surface area contributed by atoms with Gasteiger partial charge in [-0.25, -0.2) is 4.98 Å². The monoisotopic (exact) mass is 431 g/mol. The van der Waals surface area contributed by atoms with Crippen LogP contribution in [0.1, 0.15) is 36.7 Å². The normalized spacial score (nSPS) is 11.5. The minimum Gasteiger partial charge on any atom is -0.267 e. The van der Waals surface area contributed by atoms with Crippen molar-refractivity contribution in [3.8, 4) is 11.4 Å². The van der Waals surface area contributed by atoms with E-state index in [2.05, 4.69) is 31.2 Å². The summed E-state index contributed by atoms with van der Waals surface area (Å²) >= 11 is 6.17. The van der Waals surface area contributed by atoms with Crippen molar-refractivity contribution in [3.05, 3.63) is 99.3 Å². The van der Waals surface area contributed by atoms with Gasteiger partial charge in [-0.15, -0.1) is 0 Å². The fraction of sp³-hybridized carbons (Fsp3) is 0.160. The molecule has 3 aromatic carbocycles. The molecule has 1 N–H and O–H groups in total. The Morgan fingerprint density at radius 2 is 1.58 bits per heavy atom. The largest absolute Gasteiger partial charge is 0.280 e. The molecule has 4 aromatic rings. The molecular weight excluding hydrogens is 410 g/mol. The summed E-state index contributed by atoms with van der Waals surface area (Å²) < 4.78 is 1.19. The highest BCUT2D eigenvalue weighted by Gasteiger charge is 2.18. The van der Waals surface area contributed by atoms with Crippen LogP contribution in [0.2, 0.25) is 5.02 Å². The van der Waals surface area contributed by atoms with Crippen molar-refractivity contribution in [1.82, 2.24) is 9.66 Å². The summed E-state index contributed by atoms with van der Waals surface area (Å²) in [5.41, 5.74) is 5.04. The molecule has 0 saturated heterocycles. The van der Waals surface area contributed by atoms with Crippen molar-refractivity contribution in [2.24, 2.45) is 0 Å². The summed E-state index contributed by atoms with van der Waals surface area (Å²) in [5.74, 6) is -0.137. The number of aromatic nitrogens is 2. The lowest BCUT2D eigenvalue weighted by atomic mass is 9.86. The number of benzene rings is 3. The third-order valence-electron chi connectivity index (χ3n) is 5.12. The summed E-state index contributed by atoms with van der Waals surface area (Å²) in [7, 11) is 0. The standard InChI is InChI=1S/C25H22ClN3O2/c1-25(2,3)17-14-12-16(13-15-17)22-27-21-11-7-5-9-19(21)24(31)29(22)28-23(30)18-8-4-6-10-20(18)26/h4-15H,1-3H3,(H,28,30). The summed E-state index contributed by atoms with van der Waals surface area (Å²) in [4.78, 5) is 30.9. The number of hydrogen-bond donors (Lipinski definition) is 1. The summed E-state index contributed by atoms with van der Waals surface area (Å²) in [5, 5.41) is 0.717. The van der Waals surface area contributed by atoms with Crippen LogP contribution in [-0.2, 0) is 5.41 Å². The first-order valence-corrected chi connectivity index (χ1v) is 10.3. The summed E-state index contributed by atoms with van der Waals surface area (Å²) in [6.45, 7) is 6.40. The Balaban J connectivity index is 1.87. The Morgan fingerprint density at radius 3 is 2.26 bits per heavy atom. The number of carbonyl (C=O) groups excluding carboxylic acids is 1. The van der Waals surface area contributed by atoms with E-state index in [4.69, 9.17) is 11.6 Å². The van der Waals surface area contributed by atoms with Crippen molar-refractivity contribution in [3.63, 3.8) is 0 Å². The molecule has 0 radical (unpaired) electrons. The summed E-state index contributed by atoms with van der Waals surface area (Å²) in [6.07, 6.45) is 0. The Hall–Kier alpha value is -3.44. The van der Waals surface area contributed by atoms with Gasteiger partial charge in [0.15, 0.2) is 5.82 Å². The van der Waals surface area contributed by atoms with Crippen LogP contribution >= 0.6 is 11.6 Å². The molecule has 0 atom stereocenters. The number of hydrogen-bond acceptors (Lipinski definition) is 3. The van der Waals surface area contributed by atoms with E-state index in [1.807, 2.05) is 30.3 Å². The molecule has 31 heavy (non-hydrogen) atoms. The van der Waals surface area contributed by atoms with E-state index in [9.17, 15) is 9.59 Å². The lowest BCUT2D eigenvalue weighted by Crippen LogP contribution is -2.35. The molecule has 0 aliphatic carbocycles. The zero-order chi connectivity index (χ0) is 22.2. The molecule has 5 nitrogen and oxygen atoms in total. The quantitative estimate of drug-likeness (QED) is 0.472. The fourth-order valence-corrected chi connectivity index (χ4v) is 3.58. The highest BCUT2D eigenvalue weighted by Crippen LogP contribution is 2.26. The van der Waals surface area contributed by atoms with Gasteiger partial charge in [0.25, 0.3) is 11.5 Å². The summed E-state index contributed by atoms with van der Waals surface area (Å²) in [6, 6.07) is 21.6. The maximum Gasteiger partial charge on any atom is 0.280 e. The number of nitrogens with one attached hydrogen (secondary N) is 1. The van der Waals surface area contributed by atoms with Gasteiger partial charge >= 0.3 is 0 Å². The molecule has 0 unspecified atom stereocenters. The lowest BCUT2D eigenvalue weighted by Gasteiger charge is -2.20. The fourth-order valence-electron chi connectivity index (χ4n) is 3.36. The van der Waals surface area contributed by atoms with Gasteiger partial charge < -0.3 is 0 Å². The van der Waals surface area contributed by atoms with Crippen LogP contribution in [0.5, 0.6) is 0 Å². The molecule has 0 saturated carbocycles. The molecule has 0 fully saturated rings. The number of halogens is 1. The Morgan fingerprint density at radius 1 is 0.935 bits per heavy atom. The first kappa shape index (κ1) is 20.8. The van der Waals surface area contributed by atoms with E-state index in [-0.39, 0.29) is 16.5 Å². The molecule has 0 aliphatic rings. The number of rotatable bonds is 3. The highest BCUT2D eigenvalue weighted by molar-refractivity contribution is 6.34. The zero-order valence-electron chi connectivity index (χ0n) is 17.5. The van der Waals surface area contributed by atoms with Gasteiger partial charge in [0.05, 0.1) is 21.5 Å². The van der Waals surface area contributed by atoms with E-state index in [0.29, 0.717) is 21.7 Å². The average Bonchev–Trinajstić information content (AvgIpc) is 2.75. The minimum absolute atomic E-state index is 0.00666. The molecular formula is C25H22ClN3O2. The minimum atomic E-state index is -0.489.